The number of carbonyl (C=O) groups is 1. The van der Waals surface area contributed by atoms with Crippen LogP contribution in [0.4, 0.5) is 39.5 Å². The molecule has 0 saturated heterocycles. The van der Waals surface area contributed by atoms with Gasteiger partial charge >= 0.3 is 18.7 Å². The maximum Gasteiger partial charge on any atom is 0.461 e. The molecule has 44 heavy (non-hydrogen) atoms. The molecule has 1 amide bonds. The van der Waals surface area contributed by atoms with Gasteiger partial charge in [0.2, 0.25) is 0 Å². The number of phenols is 1. The number of hydrogen-bond acceptors (Lipinski definition) is 4. The molecule has 0 aliphatic rings. The molecule has 4 aromatic rings. The van der Waals surface area contributed by atoms with E-state index < -0.39 is 70.7 Å². The second-order valence-corrected chi connectivity index (χ2v) is 9.83. The Balaban J connectivity index is 1.96. The summed E-state index contributed by atoms with van der Waals surface area (Å²) in [5.74, 6) is -5.52. The first-order chi connectivity index (χ1) is 20.5. The highest BCUT2D eigenvalue weighted by atomic mass is 35.5. The SMILES string of the molecule is O=C(NC(Cc1ccc(O)cc1)(c1cc(F)cc(OC(F)(F)C(F)F)c1)c1ccc(Cl)cn1)c1ccc(F)c(C(F)(F)F)c1. The number of benzene rings is 3. The molecule has 1 atom stereocenters. The van der Waals surface area contributed by atoms with Gasteiger partial charge in [0.05, 0.1) is 16.3 Å². The minimum Gasteiger partial charge on any atom is -0.508 e. The quantitative estimate of drug-likeness (QED) is 0.181. The number of amides is 1. The lowest BCUT2D eigenvalue weighted by molar-refractivity contribution is -0.253. The van der Waals surface area contributed by atoms with E-state index in [1.165, 1.54) is 36.4 Å². The number of hydrogen-bond donors (Lipinski definition) is 2. The van der Waals surface area contributed by atoms with Gasteiger partial charge in [0, 0.05) is 24.2 Å². The van der Waals surface area contributed by atoms with Crippen LogP contribution in [0, 0.1) is 11.6 Å². The van der Waals surface area contributed by atoms with E-state index in [4.69, 9.17) is 11.6 Å². The van der Waals surface area contributed by atoms with Crippen LogP contribution in [-0.4, -0.2) is 28.5 Å². The molecule has 232 valence electrons. The average molecular weight is 649 g/mol. The highest BCUT2D eigenvalue weighted by Crippen LogP contribution is 2.38. The Morgan fingerprint density at radius 3 is 2.20 bits per heavy atom. The molecule has 1 aromatic heterocycles. The van der Waals surface area contributed by atoms with Gasteiger partial charge in [-0.05, 0) is 65.7 Å². The Hall–Kier alpha value is -4.46. The molecule has 0 bridgehead atoms. The Bertz CT molecular complexity index is 1650. The Labute approximate surface area is 247 Å². The molecule has 0 aliphatic carbocycles. The van der Waals surface area contributed by atoms with Crippen LogP contribution in [0.1, 0.15) is 32.7 Å². The van der Waals surface area contributed by atoms with Gasteiger partial charge in [0.15, 0.2) is 0 Å². The zero-order valence-electron chi connectivity index (χ0n) is 21.8. The van der Waals surface area contributed by atoms with Gasteiger partial charge in [-0.2, -0.15) is 30.7 Å². The van der Waals surface area contributed by atoms with E-state index in [1.54, 1.807) is 0 Å². The van der Waals surface area contributed by atoms with Crippen molar-refractivity contribution in [2.24, 2.45) is 0 Å². The number of nitrogens with one attached hydrogen (secondary N) is 1. The summed E-state index contributed by atoms with van der Waals surface area (Å²) in [6.07, 6.45) is -13.9. The Morgan fingerprint density at radius 1 is 0.932 bits per heavy atom. The monoisotopic (exact) mass is 648 g/mol. The summed E-state index contributed by atoms with van der Waals surface area (Å²) in [7, 11) is 0. The van der Waals surface area contributed by atoms with Crippen LogP contribution in [0.3, 0.4) is 0 Å². The number of ether oxygens (including phenoxy) is 1. The normalized spacial score (nSPS) is 13.4. The summed E-state index contributed by atoms with van der Waals surface area (Å²) in [6.45, 7) is 0. The van der Waals surface area contributed by atoms with Gasteiger partial charge < -0.3 is 15.2 Å². The number of pyridine rings is 1. The van der Waals surface area contributed by atoms with Crippen molar-refractivity contribution in [1.29, 1.82) is 0 Å². The average Bonchev–Trinajstić information content (AvgIpc) is 2.93. The summed E-state index contributed by atoms with van der Waals surface area (Å²) in [5.41, 5.74) is -4.95. The second-order valence-electron chi connectivity index (χ2n) is 9.40. The first-order valence-electron chi connectivity index (χ1n) is 12.3. The standard InChI is InChI=1S/C29H18ClF9N2O3/c30-18-4-8-24(40-14-18)27(13-15-1-5-20(42)6-2-15,17-10-19(31)12-21(11-17)44-29(38,39)26(33)34)41-25(43)16-3-7-23(32)22(9-16)28(35,36)37/h1-12,14,26,42H,13H2,(H,41,43). The fourth-order valence-corrected chi connectivity index (χ4v) is 4.40. The van der Waals surface area contributed by atoms with E-state index in [-0.39, 0.29) is 28.1 Å². The highest BCUT2D eigenvalue weighted by molar-refractivity contribution is 6.30. The highest BCUT2D eigenvalue weighted by Gasteiger charge is 2.45. The van der Waals surface area contributed by atoms with Crippen molar-refractivity contribution < 1.29 is 54.2 Å². The van der Waals surface area contributed by atoms with Gasteiger partial charge in [0.1, 0.15) is 28.7 Å². The number of carbonyl (C=O) groups excluding carboxylic acids is 1. The molecule has 15 heteroatoms. The number of aromatic hydroxyl groups is 1. The van der Waals surface area contributed by atoms with Crippen molar-refractivity contribution in [1.82, 2.24) is 10.3 Å². The van der Waals surface area contributed by atoms with Crippen LogP contribution in [0.25, 0.3) is 0 Å². The second kappa shape index (κ2) is 12.3. The molecule has 4 rings (SSSR count). The molecule has 0 aliphatic heterocycles. The summed E-state index contributed by atoms with van der Waals surface area (Å²) in [4.78, 5) is 17.7. The van der Waals surface area contributed by atoms with Gasteiger partial charge in [-0.3, -0.25) is 9.78 Å². The van der Waals surface area contributed by atoms with Crippen molar-refractivity contribution in [3.05, 3.63) is 124 Å². The van der Waals surface area contributed by atoms with Crippen molar-refractivity contribution in [2.45, 2.75) is 30.7 Å². The lowest BCUT2D eigenvalue weighted by atomic mass is 9.80. The number of aromatic nitrogens is 1. The van der Waals surface area contributed by atoms with Crippen LogP contribution in [0.2, 0.25) is 5.02 Å². The molecule has 5 nitrogen and oxygen atoms in total. The van der Waals surface area contributed by atoms with Crippen molar-refractivity contribution in [3.8, 4) is 11.5 Å². The van der Waals surface area contributed by atoms with E-state index in [1.807, 2.05) is 0 Å². The molecule has 3 aromatic carbocycles. The van der Waals surface area contributed by atoms with Gasteiger partial charge in [-0.1, -0.05) is 23.7 Å². The number of rotatable bonds is 9. The van der Waals surface area contributed by atoms with Crippen LogP contribution in [-0.2, 0) is 18.1 Å². The molecule has 0 spiro atoms. The zero-order valence-corrected chi connectivity index (χ0v) is 22.5. The van der Waals surface area contributed by atoms with E-state index in [0.717, 1.165) is 18.3 Å². The van der Waals surface area contributed by atoms with Crippen LogP contribution in [0.5, 0.6) is 11.5 Å². The first kappa shape index (κ1) is 32.5. The number of halogens is 10. The largest absolute Gasteiger partial charge is 0.508 e. The van der Waals surface area contributed by atoms with Gasteiger partial charge in [-0.25, -0.2) is 8.78 Å². The van der Waals surface area contributed by atoms with Crippen molar-refractivity contribution in [3.63, 3.8) is 0 Å². The number of phenolic OH excluding ortho intramolecular Hbond substituents is 1. The minimum absolute atomic E-state index is 0.0757. The van der Waals surface area contributed by atoms with E-state index >= 15 is 0 Å². The third kappa shape index (κ3) is 7.18. The smallest absolute Gasteiger partial charge is 0.461 e. The fraction of sp³-hybridized carbons (Fsp3) is 0.172. The van der Waals surface area contributed by atoms with E-state index in [9.17, 15) is 49.4 Å². The van der Waals surface area contributed by atoms with Crippen molar-refractivity contribution in [2.75, 3.05) is 0 Å². The molecular weight excluding hydrogens is 631 g/mol. The lowest BCUT2D eigenvalue weighted by Crippen LogP contribution is -2.49. The molecule has 0 fully saturated rings. The number of nitrogens with zero attached hydrogens (tertiary/aromatic N) is 1. The Morgan fingerprint density at radius 2 is 1.61 bits per heavy atom. The topological polar surface area (TPSA) is 71.5 Å². The maximum absolute atomic E-state index is 14.9. The van der Waals surface area contributed by atoms with Crippen LogP contribution >= 0.6 is 11.6 Å². The molecule has 0 radical (unpaired) electrons. The van der Waals surface area contributed by atoms with Crippen molar-refractivity contribution >= 4 is 17.5 Å². The first-order valence-corrected chi connectivity index (χ1v) is 12.6. The van der Waals surface area contributed by atoms with Crippen LogP contribution < -0.4 is 10.1 Å². The van der Waals surface area contributed by atoms with E-state index in [2.05, 4.69) is 15.0 Å². The molecule has 1 heterocycles. The van der Waals surface area contributed by atoms with Gasteiger partial charge in [-0.15, -0.1) is 0 Å². The molecule has 2 N–H and O–H groups in total. The van der Waals surface area contributed by atoms with Crippen LogP contribution in [0.15, 0.2) is 79.0 Å². The molecule has 0 saturated carbocycles. The summed E-state index contributed by atoms with van der Waals surface area (Å²) < 4.78 is 127. The van der Waals surface area contributed by atoms with Gasteiger partial charge in [0.25, 0.3) is 5.91 Å². The lowest BCUT2D eigenvalue weighted by Gasteiger charge is -2.36. The molecule has 1 unspecified atom stereocenters. The third-order valence-electron chi connectivity index (χ3n) is 6.30. The predicted molar refractivity (Wildman–Crippen MR) is 139 cm³/mol. The summed E-state index contributed by atoms with van der Waals surface area (Å²) in [5, 5.41) is 12.3. The zero-order chi connectivity index (χ0) is 32.4. The molecular formula is C29H18ClF9N2O3. The fourth-order valence-electron chi connectivity index (χ4n) is 4.29. The number of alkyl halides is 7. The maximum atomic E-state index is 14.9. The summed E-state index contributed by atoms with van der Waals surface area (Å²) in [6, 6.07) is 10.9. The summed E-state index contributed by atoms with van der Waals surface area (Å²) >= 11 is 5.96. The Kier molecular flexibility index (Phi) is 9.05. The predicted octanol–water partition coefficient (Wildman–Crippen LogP) is 7.89. The minimum atomic E-state index is -5.19. The third-order valence-corrected chi connectivity index (χ3v) is 6.53. The van der Waals surface area contributed by atoms with E-state index in [0.29, 0.717) is 18.2 Å².